The fourth-order valence-electron chi connectivity index (χ4n) is 2.27. The number of hydrogen-bond acceptors (Lipinski definition) is 1. The zero-order chi connectivity index (χ0) is 12.7. The molecule has 3 rings (SSSR count). The molecule has 0 saturated carbocycles. The maximum Gasteiger partial charge on any atom is 0.132 e. The molecule has 18 heavy (non-hydrogen) atoms. The summed E-state index contributed by atoms with van der Waals surface area (Å²) in [7, 11) is 0. The predicted molar refractivity (Wildman–Crippen MR) is 71.0 cm³/mol. The normalized spacial score (nSPS) is 11.1. The van der Waals surface area contributed by atoms with Crippen LogP contribution in [-0.2, 0) is 0 Å². The third-order valence-electron chi connectivity index (χ3n) is 3.22. The second kappa shape index (κ2) is 3.95. The van der Waals surface area contributed by atoms with Crippen molar-refractivity contribution >= 4 is 10.9 Å². The number of nitrogens with zero attached hydrogens (tertiary/aromatic N) is 1. The Labute approximate surface area is 104 Å². The minimum Gasteiger partial charge on any atom is -0.353 e. The fraction of sp³-hybridized carbons (Fsp3) is 0.133. The lowest BCUT2D eigenvalue weighted by Crippen LogP contribution is -1.85. The zero-order valence-corrected chi connectivity index (χ0v) is 10.3. The minimum atomic E-state index is -0.211. The number of hydrogen-bond donors (Lipinski definition) is 1. The van der Waals surface area contributed by atoms with Gasteiger partial charge >= 0.3 is 0 Å². The Morgan fingerprint density at radius 1 is 1.17 bits per heavy atom. The van der Waals surface area contributed by atoms with E-state index in [1.807, 2.05) is 26.0 Å². The number of benzene rings is 1. The average Bonchev–Trinajstić information content (AvgIpc) is 2.68. The van der Waals surface area contributed by atoms with Gasteiger partial charge in [-0.25, -0.2) is 4.39 Å². The maximum atomic E-state index is 13.8. The molecule has 1 aromatic carbocycles. The first kappa shape index (κ1) is 11.0. The molecule has 0 aliphatic carbocycles. The number of H-pyrrole nitrogens is 1. The Balaban J connectivity index is 2.31. The van der Waals surface area contributed by atoms with Crippen LogP contribution in [0.5, 0.6) is 0 Å². The minimum absolute atomic E-state index is 0.211. The van der Waals surface area contributed by atoms with Crippen molar-refractivity contribution in [2.45, 2.75) is 13.8 Å². The van der Waals surface area contributed by atoms with Crippen LogP contribution in [0.3, 0.4) is 0 Å². The van der Waals surface area contributed by atoms with E-state index < -0.39 is 0 Å². The van der Waals surface area contributed by atoms with Crippen molar-refractivity contribution in [2.75, 3.05) is 0 Å². The lowest BCUT2D eigenvalue weighted by Gasteiger charge is -2.01. The van der Waals surface area contributed by atoms with Gasteiger partial charge in [-0.05, 0) is 37.6 Å². The van der Waals surface area contributed by atoms with Gasteiger partial charge in [-0.2, -0.15) is 0 Å². The first-order valence-corrected chi connectivity index (χ1v) is 5.86. The molecule has 2 nitrogen and oxygen atoms in total. The molecular formula is C15H13FN2. The van der Waals surface area contributed by atoms with E-state index in [2.05, 4.69) is 9.97 Å². The smallest absolute Gasteiger partial charge is 0.132 e. The van der Waals surface area contributed by atoms with Crippen molar-refractivity contribution < 1.29 is 4.39 Å². The summed E-state index contributed by atoms with van der Waals surface area (Å²) in [5.74, 6) is -0.211. The standard InChI is InChI=1S/C15H13FN2/c1-9-7-12-10(2)15(18-14(12)8-17-9)11-5-3-4-6-13(11)16/h3-8,18H,1-2H3. The third kappa shape index (κ3) is 1.59. The van der Waals surface area contributed by atoms with E-state index in [4.69, 9.17) is 0 Å². The van der Waals surface area contributed by atoms with Gasteiger partial charge in [-0.3, -0.25) is 4.98 Å². The van der Waals surface area contributed by atoms with Gasteiger partial charge in [0.25, 0.3) is 0 Å². The largest absolute Gasteiger partial charge is 0.353 e. The maximum absolute atomic E-state index is 13.8. The highest BCUT2D eigenvalue weighted by Crippen LogP contribution is 2.30. The first-order valence-electron chi connectivity index (χ1n) is 5.86. The molecule has 0 fully saturated rings. The Morgan fingerprint density at radius 2 is 1.94 bits per heavy atom. The second-order valence-corrected chi connectivity index (χ2v) is 4.48. The van der Waals surface area contributed by atoms with Crippen molar-refractivity contribution in [1.82, 2.24) is 9.97 Å². The van der Waals surface area contributed by atoms with Crippen LogP contribution in [-0.4, -0.2) is 9.97 Å². The highest BCUT2D eigenvalue weighted by atomic mass is 19.1. The second-order valence-electron chi connectivity index (χ2n) is 4.48. The molecule has 0 spiro atoms. The molecule has 3 heteroatoms. The Hall–Kier alpha value is -2.16. The number of pyridine rings is 1. The number of aryl methyl sites for hydroxylation is 2. The van der Waals surface area contributed by atoms with Crippen LogP contribution in [0, 0.1) is 19.7 Å². The highest BCUT2D eigenvalue weighted by Gasteiger charge is 2.12. The van der Waals surface area contributed by atoms with Crippen molar-refractivity contribution in [3.05, 3.63) is 53.6 Å². The predicted octanol–water partition coefficient (Wildman–Crippen LogP) is 3.99. The monoisotopic (exact) mass is 240 g/mol. The summed E-state index contributed by atoms with van der Waals surface area (Å²) in [6.45, 7) is 3.95. The van der Waals surface area contributed by atoms with Crippen molar-refractivity contribution in [2.24, 2.45) is 0 Å². The third-order valence-corrected chi connectivity index (χ3v) is 3.22. The first-order chi connectivity index (χ1) is 8.66. The fourth-order valence-corrected chi connectivity index (χ4v) is 2.27. The van der Waals surface area contributed by atoms with E-state index in [1.54, 1.807) is 18.3 Å². The average molecular weight is 240 g/mol. The summed E-state index contributed by atoms with van der Waals surface area (Å²) in [5, 5.41) is 1.10. The molecule has 3 aromatic rings. The number of halogens is 1. The molecule has 90 valence electrons. The van der Waals surface area contributed by atoms with Crippen LogP contribution < -0.4 is 0 Å². The van der Waals surface area contributed by atoms with Crippen LogP contribution in [0.1, 0.15) is 11.3 Å². The zero-order valence-electron chi connectivity index (χ0n) is 10.3. The van der Waals surface area contributed by atoms with Gasteiger partial charge in [0.15, 0.2) is 0 Å². The Bertz CT molecular complexity index is 728. The molecule has 2 aromatic heterocycles. The van der Waals surface area contributed by atoms with E-state index in [-0.39, 0.29) is 5.82 Å². The lowest BCUT2D eigenvalue weighted by molar-refractivity contribution is 0.631. The lowest BCUT2D eigenvalue weighted by atomic mass is 10.1. The van der Waals surface area contributed by atoms with E-state index in [0.29, 0.717) is 5.56 Å². The van der Waals surface area contributed by atoms with Crippen LogP contribution in [0.4, 0.5) is 4.39 Å². The van der Waals surface area contributed by atoms with E-state index in [1.165, 1.54) is 6.07 Å². The summed E-state index contributed by atoms with van der Waals surface area (Å²) in [5.41, 5.74) is 4.39. The number of rotatable bonds is 1. The Morgan fingerprint density at radius 3 is 2.72 bits per heavy atom. The number of fused-ring (bicyclic) bond motifs is 1. The quantitative estimate of drug-likeness (QED) is 0.684. The Kier molecular flexibility index (Phi) is 2.40. The van der Waals surface area contributed by atoms with Gasteiger partial charge in [0.05, 0.1) is 17.4 Å². The summed E-state index contributed by atoms with van der Waals surface area (Å²) >= 11 is 0. The molecule has 0 amide bonds. The van der Waals surface area contributed by atoms with Crippen molar-refractivity contribution in [3.63, 3.8) is 0 Å². The van der Waals surface area contributed by atoms with Gasteiger partial charge in [0, 0.05) is 16.6 Å². The number of nitrogens with one attached hydrogen (secondary N) is 1. The molecule has 0 aliphatic rings. The molecule has 0 aliphatic heterocycles. The van der Waals surface area contributed by atoms with Crippen LogP contribution in [0.2, 0.25) is 0 Å². The van der Waals surface area contributed by atoms with Crippen LogP contribution >= 0.6 is 0 Å². The number of aromatic nitrogens is 2. The molecule has 0 saturated heterocycles. The highest BCUT2D eigenvalue weighted by molar-refractivity contribution is 5.90. The van der Waals surface area contributed by atoms with Gasteiger partial charge in [-0.15, -0.1) is 0 Å². The molecule has 0 bridgehead atoms. The van der Waals surface area contributed by atoms with Gasteiger partial charge in [-0.1, -0.05) is 12.1 Å². The van der Waals surface area contributed by atoms with Gasteiger partial charge < -0.3 is 4.98 Å². The molecular weight excluding hydrogens is 227 g/mol. The van der Waals surface area contributed by atoms with E-state index >= 15 is 0 Å². The van der Waals surface area contributed by atoms with Crippen LogP contribution in [0.15, 0.2) is 36.5 Å². The summed E-state index contributed by atoms with van der Waals surface area (Å²) < 4.78 is 13.8. The van der Waals surface area contributed by atoms with Gasteiger partial charge in [0.2, 0.25) is 0 Å². The van der Waals surface area contributed by atoms with Crippen molar-refractivity contribution in [1.29, 1.82) is 0 Å². The summed E-state index contributed by atoms with van der Waals surface area (Å²) in [6.07, 6.45) is 1.79. The molecule has 0 unspecified atom stereocenters. The van der Waals surface area contributed by atoms with E-state index in [9.17, 15) is 4.39 Å². The molecule has 0 atom stereocenters. The summed E-state index contributed by atoms with van der Waals surface area (Å²) in [6, 6.07) is 8.82. The summed E-state index contributed by atoms with van der Waals surface area (Å²) in [4.78, 5) is 7.50. The molecule has 2 heterocycles. The SMILES string of the molecule is Cc1cc2c(C)c(-c3ccccc3F)[nH]c2cn1. The number of aromatic amines is 1. The van der Waals surface area contributed by atoms with Gasteiger partial charge in [0.1, 0.15) is 5.82 Å². The topological polar surface area (TPSA) is 28.7 Å². The molecule has 0 radical (unpaired) electrons. The van der Waals surface area contributed by atoms with Crippen LogP contribution in [0.25, 0.3) is 22.2 Å². The molecule has 1 N–H and O–H groups in total. The van der Waals surface area contributed by atoms with Crippen molar-refractivity contribution in [3.8, 4) is 11.3 Å². The van der Waals surface area contributed by atoms with E-state index in [0.717, 1.165) is 27.9 Å².